The Morgan fingerprint density at radius 2 is 1.79 bits per heavy atom. The van der Waals surface area contributed by atoms with E-state index in [0.717, 1.165) is 12.3 Å². The lowest BCUT2D eigenvalue weighted by Crippen LogP contribution is -2.37. The van der Waals surface area contributed by atoms with Gasteiger partial charge in [0.05, 0.1) is 6.61 Å². The molecule has 2 heterocycles. The van der Waals surface area contributed by atoms with E-state index in [1.54, 1.807) is 0 Å². The fraction of sp³-hybridized carbons (Fsp3) is 0.556. The van der Waals surface area contributed by atoms with Gasteiger partial charge in [-0.2, -0.15) is 13.6 Å². The first-order valence-electron chi connectivity index (χ1n) is 7.25. The minimum Gasteiger partial charge on any atom is -0.394 e. The third-order valence-electron chi connectivity index (χ3n) is 3.29. The lowest BCUT2D eigenvalue weighted by molar-refractivity contribution is -0.0542. The molecule has 1 saturated heterocycles. The number of aliphatic hydroxyl groups is 2. The molecule has 1 aliphatic heterocycles. The summed E-state index contributed by atoms with van der Waals surface area (Å²) in [5, 5.41) is 19.4. The SMILES string of the molecule is Nc1ccn([C@@H]2O[C@H](CO)[C@@H](O)[C@@H]2OP(=O)(O)OP(=O)(O)OP(=O)(O)O)c(=O)n1. The Labute approximate surface area is 160 Å². The summed E-state index contributed by atoms with van der Waals surface area (Å²) < 4.78 is 51.6. The minimum absolute atomic E-state index is 0.187. The van der Waals surface area contributed by atoms with Crippen LogP contribution in [0.25, 0.3) is 0 Å². The van der Waals surface area contributed by atoms with Crippen LogP contribution in [0.15, 0.2) is 17.1 Å². The Bertz CT molecular complexity index is 946. The molecule has 2 unspecified atom stereocenters. The monoisotopic (exact) mass is 483 g/mol. The molecule has 0 radical (unpaired) electrons. The summed E-state index contributed by atoms with van der Waals surface area (Å²) >= 11 is 0. The number of nitrogen functional groups attached to an aromatic ring is 1. The molecule has 1 fully saturated rings. The summed E-state index contributed by atoms with van der Waals surface area (Å²) in [4.78, 5) is 51.2. The molecule has 0 saturated carbocycles. The second kappa shape index (κ2) is 8.61. The van der Waals surface area contributed by atoms with Gasteiger partial charge >= 0.3 is 29.2 Å². The zero-order chi connectivity index (χ0) is 22.2. The van der Waals surface area contributed by atoms with Crippen LogP contribution in [0.1, 0.15) is 6.23 Å². The zero-order valence-electron chi connectivity index (χ0n) is 13.9. The number of nitrogens with zero attached hydrogens (tertiary/aromatic N) is 2. The molecular weight excluding hydrogens is 467 g/mol. The number of phosphoric acid groups is 3. The normalized spacial score (nSPS) is 29.3. The lowest BCUT2D eigenvalue weighted by atomic mass is 10.1. The van der Waals surface area contributed by atoms with Gasteiger partial charge in [-0.25, -0.2) is 18.5 Å². The van der Waals surface area contributed by atoms with E-state index in [9.17, 15) is 38.5 Å². The van der Waals surface area contributed by atoms with E-state index >= 15 is 0 Å². The predicted octanol–water partition coefficient (Wildman–Crippen LogP) is -2.21. The van der Waals surface area contributed by atoms with Crippen molar-refractivity contribution in [1.82, 2.24) is 9.55 Å². The number of phosphoric ester groups is 1. The highest BCUT2D eigenvalue weighted by atomic mass is 31.3. The number of hydrogen-bond acceptors (Lipinski definition) is 12. The Kier molecular flexibility index (Phi) is 7.20. The summed E-state index contributed by atoms with van der Waals surface area (Å²) in [6, 6.07) is 1.13. The van der Waals surface area contributed by atoms with E-state index in [1.807, 2.05) is 0 Å². The maximum atomic E-state index is 12.0. The van der Waals surface area contributed by atoms with Crippen LogP contribution in [0.2, 0.25) is 0 Å². The number of anilines is 1. The second-order valence-corrected chi connectivity index (χ2v) is 9.81. The van der Waals surface area contributed by atoms with Crippen molar-refractivity contribution >= 4 is 29.3 Å². The number of ether oxygens (including phenoxy) is 1. The first-order valence-corrected chi connectivity index (χ1v) is 11.8. The van der Waals surface area contributed by atoms with Gasteiger partial charge in [-0.1, -0.05) is 0 Å². The van der Waals surface area contributed by atoms with Crippen LogP contribution >= 0.6 is 23.5 Å². The molecule has 0 amide bonds. The van der Waals surface area contributed by atoms with Gasteiger partial charge in [0.2, 0.25) is 0 Å². The maximum Gasteiger partial charge on any atom is 0.490 e. The largest absolute Gasteiger partial charge is 0.490 e. The number of nitrogens with two attached hydrogens (primary N) is 1. The molecule has 0 aromatic carbocycles. The molecular formula is C9H16N3O14P3. The van der Waals surface area contributed by atoms with Crippen molar-refractivity contribution in [3.63, 3.8) is 0 Å². The highest BCUT2D eigenvalue weighted by Gasteiger charge is 2.51. The van der Waals surface area contributed by atoms with Crippen molar-refractivity contribution in [3.8, 4) is 0 Å². The van der Waals surface area contributed by atoms with Crippen molar-refractivity contribution in [2.75, 3.05) is 12.3 Å². The fourth-order valence-electron chi connectivity index (χ4n) is 2.28. The van der Waals surface area contributed by atoms with Gasteiger partial charge in [0.1, 0.15) is 24.1 Å². The van der Waals surface area contributed by atoms with Gasteiger partial charge in [-0.05, 0) is 6.07 Å². The van der Waals surface area contributed by atoms with Crippen molar-refractivity contribution in [2.24, 2.45) is 0 Å². The van der Waals surface area contributed by atoms with Crippen LogP contribution in [-0.2, 0) is 31.6 Å². The predicted molar refractivity (Wildman–Crippen MR) is 88.6 cm³/mol. The zero-order valence-corrected chi connectivity index (χ0v) is 16.6. The van der Waals surface area contributed by atoms with Crippen LogP contribution in [0, 0.1) is 0 Å². The van der Waals surface area contributed by atoms with Crippen LogP contribution in [0.5, 0.6) is 0 Å². The van der Waals surface area contributed by atoms with Gasteiger partial charge in [0, 0.05) is 6.20 Å². The van der Waals surface area contributed by atoms with Crippen LogP contribution in [-0.4, -0.2) is 64.3 Å². The smallest absolute Gasteiger partial charge is 0.394 e. The summed E-state index contributed by atoms with van der Waals surface area (Å²) in [6.07, 6.45) is -5.91. The first-order chi connectivity index (χ1) is 13.1. The third-order valence-corrected chi connectivity index (χ3v) is 7.13. The summed E-state index contributed by atoms with van der Waals surface area (Å²) in [6.45, 7) is -0.828. The standard InChI is InChI=1S/C9H16N3O14P3/c10-5-1-2-12(9(15)11-5)8-7(6(14)4(3-13)23-8)24-28(19,20)26-29(21,22)25-27(16,17)18/h1-2,4,6-8,13-14H,3H2,(H,19,20)(H,21,22)(H2,10,11,15)(H2,16,17,18)/t4-,6-,7+,8-/m1/s1. The van der Waals surface area contributed by atoms with Gasteiger partial charge in [-0.3, -0.25) is 9.09 Å². The van der Waals surface area contributed by atoms with E-state index in [-0.39, 0.29) is 5.82 Å². The average Bonchev–Trinajstić information content (AvgIpc) is 2.79. The van der Waals surface area contributed by atoms with E-state index in [2.05, 4.69) is 18.1 Å². The Morgan fingerprint density at radius 3 is 2.31 bits per heavy atom. The number of aromatic nitrogens is 2. The average molecular weight is 483 g/mol. The van der Waals surface area contributed by atoms with E-state index in [0.29, 0.717) is 4.57 Å². The second-order valence-electron chi connectivity index (χ2n) is 5.44. The molecule has 17 nitrogen and oxygen atoms in total. The molecule has 20 heteroatoms. The molecule has 8 N–H and O–H groups in total. The van der Waals surface area contributed by atoms with Crippen molar-refractivity contribution < 1.29 is 61.4 Å². The summed E-state index contributed by atoms with van der Waals surface area (Å²) in [5.41, 5.74) is 4.30. The minimum atomic E-state index is -5.81. The van der Waals surface area contributed by atoms with Crippen LogP contribution in [0.3, 0.4) is 0 Å². The van der Waals surface area contributed by atoms with Crippen molar-refractivity contribution in [2.45, 2.75) is 24.5 Å². The molecule has 1 aromatic rings. The van der Waals surface area contributed by atoms with Crippen LogP contribution < -0.4 is 11.4 Å². The molecule has 29 heavy (non-hydrogen) atoms. The topological polar surface area (TPSA) is 270 Å². The summed E-state index contributed by atoms with van der Waals surface area (Å²) in [5.74, 6) is -0.187. The van der Waals surface area contributed by atoms with Crippen molar-refractivity contribution in [3.05, 3.63) is 22.7 Å². The molecule has 166 valence electrons. The van der Waals surface area contributed by atoms with E-state index in [1.165, 1.54) is 0 Å². The Morgan fingerprint density at radius 1 is 1.17 bits per heavy atom. The van der Waals surface area contributed by atoms with E-state index < -0.39 is 60.3 Å². The van der Waals surface area contributed by atoms with Gasteiger partial charge in [0.25, 0.3) is 0 Å². The van der Waals surface area contributed by atoms with Crippen molar-refractivity contribution in [1.29, 1.82) is 0 Å². The molecule has 0 spiro atoms. The van der Waals surface area contributed by atoms with Crippen LogP contribution in [0.4, 0.5) is 5.82 Å². The molecule has 0 aliphatic carbocycles. The molecule has 1 aliphatic rings. The quantitative estimate of drug-likeness (QED) is 0.193. The Hall–Kier alpha value is -1.03. The summed E-state index contributed by atoms with van der Waals surface area (Å²) in [7, 11) is -17.1. The maximum absolute atomic E-state index is 12.0. The molecule has 0 bridgehead atoms. The van der Waals surface area contributed by atoms with Gasteiger partial charge in [-0.15, -0.1) is 0 Å². The fourth-order valence-corrected chi connectivity index (χ4v) is 5.48. The van der Waals surface area contributed by atoms with E-state index in [4.69, 9.17) is 20.3 Å². The third kappa shape index (κ3) is 6.47. The number of rotatable bonds is 8. The van der Waals surface area contributed by atoms with Gasteiger partial charge < -0.3 is 40.3 Å². The highest BCUT2D eigenvalue weighted by molar-refractivity contribution is 7.66. The molecule has 1 aromatic heterocycles. The number of hydrogen-bond donors (Lipinski definition) is 7. The van der Waals surface area contributed by atoms with Gasteiger partial charge in [0.15, 0.2) is 6.23 Å². The first kappa shape index (κ1) is 24.2. The lowest BCUT2D eigenvalue weighted by Gasteiger charge is -2.24. The number of aliphatic hydroxyl groups excluding tert-OH is 2. The highest BCUT2D eigenvalue weighted by Crippen LogP contribution is 2.67. The molecule has 6 atom stereocenters. The molecule has 2 rings (SSSR count). The Balaban J connectivity index is 2.31.